The predicted octanol–water partition coefficient (Wildman–Crippen LogP) is 6.91. The number of thiophene rings is 1. The number of para-hydroxylation sites is 1. The smallest absolute Gasteiger partial charge is 0.425 e. The highest BCUT2D eigenvalue weighted by Gasteiger charge is 2.57. The number of carbonyl (C=O) groups excluding carboxylic acids is 1. The number of ether oxygens (including phenoxy) is 2. The van der Waals surface area contributed by atoms with E-state index < -0.39 is 63.5 Å². The van der Waals surface area contributed by atoms with Gasteiger partial charge in [0.05, 0.1) is 24.1 Å². The molecule has 50 heavy (non-hydrogen) atoms. The monoisotopic (exact) mass is 729 g/mol. The van der Waals surface area contributed by atoms with E-state index in [0.29, 0.717) is 29.1 Å². The molecule has 0 radical (unpaired) electrons. The molecular weight excluding hydrogens is 692 g/mol. The minimum atomic E-state index is -4.84. The summed E-state index contributed by atoms with van der Waals surface area (Å²) in [5, 5.41) is 23.1. The van der Waals surface area contributed by atoms with Gasteiger partial charge in [0.1, 0.15) is 22.6 Å². The van der Waals surface area contributed by atoms with Crippen LogP contribution in [0.4, 0.5) is 26.3 Å². The van der Waals surface area contributed by atoms with Crippen LogP contribution in [-0.2, 0) is 27.4 Å². The number of carbonyl (C=O) groups is 2. The summed E-state index contributed by atoms with van der Waals surface area (Å²) in [5.41, 5.74) is -4.60. The second-order valence-corrected chi connectivity index (χ2v) is 13.4. The molecule has 1 aromatic carbocycles. The first kappa shape index (κ1) is 37.4. The lowest BCUT2D eigenvalue weighted by Gasteiger charge is -2.52. The van der Waals surface area contributed by atoms with Crippen LogP contribution < -0.4 is 9.47 Å². The SMILES string of the molecule is CCCC1N(C(O)c2cnccc2C(F)(F)F)CCCC1(Oc1csc(C(F)(F)F)c1)C(=O)N1CCC(C(=O)O)(c2ccccc2OC)CC1. The van der Waals surface area contributed by atoms with Crippen molar-refractivity contribution in [2.75, 3.05) is 26.7 Å². The first-order valence-corrected chi connectivity index (χ1v) is 16.9. The first-order chi connectivity index (χ1) is 23.6. The molecule has 0 spiro atoms. The Morgan fingerprint density at radius 3 is 2.36 bits per heavy atom. The maximum atomic E-state index is 14.8. The average Bonchev–Trinajstić information content (AvgIpc) is 3.57. The maximum Gasteiger partial charge on any atom is 0.425 e. The third kappa shape index (κ3) is 7.01. The number of halogens is 6. The van der Waals surface area contributed by atoms with Crippen LogP contribution in [0, 0.1) is 0 Å². The number of likely N-dealkylation sites (tertiary alicyclic amines) is 2. The molecule has 2 fully saturated rings. The molecule has 3 aromatic rings. The highest BCUT2D eigenvalue weighted by atomic mass is 32.1. The van der Waals surface area contributed by atoms with E-state index in [4.69, 9.17) is 9.47 Å². The van der Waals surface area contributed by atoms with Gasteiger partial charge >= 0.3 is 18.3 Å². The minimum absolute atomic E-state index is 0.0246. The molecule has 2 aromatic heterocycles. The second kappa shape index (κ2) is 14.4. The van der Waals surface area contributed by atoms with Crippen molar-refractivity contribution in [2.24, 2.45) is 0 Å². The van der Waals surface area contributed by atoms with Gasteiger partial charge in [0.15, 0.2) is 0 Å². The lowest BCUT2D eigenvalue weighted by molar-refractivity contribution is -0.176. The van der Waals surface area contributed by atoms with E-state index in [9.17, 15) is 46.1 Å². The molecule has 2 N–H and O–H groups in total. The van der Waals surface area contributed by atoms with Crippen LogP contribution in [0.25, 0.3) is 0 Å². The molecule has 16 heteroatoms. The summed E-state index contributed by atoms with van der Waals surface area (Å²) in [6, 6.07) is 7.08. The number of hydrogen-bond donors (Lipinski definition) is 2. The summed E-state index contributed by atoms with van der Waals surface area (Å²) < 4.78 is 94.8. The summed E-state index contributed by atoms with van der Waals surface area (Å²) >= 11 is 0.370. The lowest BCUT2D eigenvalue weighted by atomic mass is 9.71. The topological polar surface area (TPSA) is 112 Å². The van der Waals surface area contributed by atoms with E-state index in [2.05, 4.69) is 4.98 Å². The molecule has 1 amide bonds. The molecule has 0 saturated carbocycles. The van der Waals surface area contributed by atoms with Crippen molar-refractivity contribution in [3.63, 3.8) is 0 Å². The number of carboxylic acid groups (broad SMARTS) is 1. The van der Waals surface area contributed by atoms with Gasteiger partial charge in [0.2, 0.25) is 5.60 Å². The van der Waals surface area contributed by atoms with Gasteiger partial charge in [-0.05, 0) is 44.2 Å². The van der Waals surface area contributed by atoms with Crippen LogP contribution >= 0.6 is 11.3 Å². The predicted molar refractivity (Wildman–Crippen MR) is 170 cm³/mol. The van der Waals surface area contributed by atoms with Gasteiger partial charge in [-0.2, -0.15) is 26.3 Å². The van der Waals surface area contributed by atoms with Gasteiger partial charge in [0.25, 0.3) is 5.91 Å². The Bertz CT molecular complexity index is 1670. The van der Waals surface area contributed by atoms with Crippen LogP contribution in [0.15, 0.2) is 54.2 Å². The Labute approximate surface area is 288 Å². The lowest BCUT2D eigenvalue weighted by Crippen LogP contribution is -2.68. The Kier molecular flexibility index (Phi) is 10.8. The van der Waals surface area contributed by atoms with Gasteiger partial charge < -0.3 is 24.6 Å². The Morgan fingerprint density at radius 1 is 1.06 bits per heavy atom. The summed E-state index contributed by atoms with van der Waals surface area (Å²) in [7, 11) is 1.42. The summed E-state index contributed by atoms with van der Waals surface area (Å²) in [6.45, 7) is 1.66. The first-order valence-electron chi connectivity index (χ1n) is 16.0. The number of rotatable bonds is 10. The summed E-state index contributed by atoms with van der Waals surface area (Å²) in [5.74, 6) is -1.67. The van der Waals surface area contributed by atoms with Crippen LogP contribution in [0.2, 0.25) is 0 Å². The van der Waals surface area contributed by atoms with Gasteiger partial charge in [-0.15, -0.1) is 11.3 Å². The van der Waals surface area contributed by atoms with E-state index in [1.54, 1.807) is 31.2 Å². The Hall–Kier alpha value is -3.89. The third-order valence-corrected chi connectivity index (χ3v) is 10.6. The normalized spacial score (nSPS) is 22.2. The van der Waals surface area contributed by atoms with Crippen molar-refractivity contribution >= 4 is 23.2 Å². The molecule has 5 rings (SSSR count). The summed E-state index contributed by atoms with van der Waals surface area (Å²) in [4.78, 5) is 33.2. The molecule has 2 aliphatic heterocycles. The third-order valence-electron chi connectivity index (χ3n) is 9.67. The van der Waals surface area contributed by atoms with E-state index in [-0.39, 0.29) is 57.5 Å². The molecule has 3 atom stereocenters. The number of hydrogen-bond acceptors (Lipinski definition) is 8. The summed E-state index contributed by atoms with van der Waals surface area (Å²) in [6.07, 6.45) is -9.04. The zero-order valence-electron chi connectivity index (χ0n) is 27.3. The van der Waals surface area contributed by atoms with Gasteiger partial charge in [-0.3, -0.25) is 19.5 Å². The number of nitrogens with zero attached hydrogens (tertiary/aromatic N) is 3. The quantitative estimate of drug-likeness (QED) is 0.217. The molecule has 0 bridgehead atoms. The number of benzene rings is 1. The van der Waals surface area contributed by atoms with E-state index in [1.165, 1.54) is 16.9 Å². The van der Waals surface area contributed by atoms with Crippen LogP contribution in [0.1, 0.15) is 73.2 Å². The molecule has 2 aliphatic rings. The zero-order valence-corrected chi connectivity index (χ0v) is 28.1. The maximum absolute atomic E-state index is 14.8. The van der Waals surface area contributed by atoms with Gasteiger partial charge in [-0.1, -0.05) is 31.5 Å². The molecule has 3 unspecified atom stereocenters. The fourth-order valence-electron chi connectivity index (χ4n) is 7.27. The van der Waals surface area contributed by atoms with Gasteiger partial charge in [-0.25, -0.2) is 0 Å². The van der Waals surface area contributed by atoms with E-state index in [1.807, 2.05) is 0 Å². The van der Waals surface area contributed by atoms with Crippen LogP contribution in [0.3, 0.4) is 0 Å². The molecule has 0 aliphatic carbocycles. The molecule has 2 saturated heterocycles. The number of pyridine rings is 1. The zero-order chi connectivity index (χ0) is 36.5. The van der Waals surface area contributed by atoms with Crippen molar-refractivity contribution in [2.45, 2.75) is 81.1 Å². The molecular formula is C34H37F6N3O6S. The van der Waals surface area contributed by atoms with Crippen molar-refractivity contribution in [3.8, 4) is 11.5 Å². The number of aromatic nitrogens is 1. The number of aliphatic hydroxyl groups excluding tert-OH is 1. The number of alkyl halides is 6. The Morgan fingerprint density at radius 2 is 1.76 bits per heavy atom. The number of aliphatic carboxylic acids is 1. The standard InChI is InChI=1S/C34H37F6N3O6S/c1-3-7-26-32(49-21-18-27(50-20-21)34(38,39)40,11-6-15-43(26)28(44)22-19-41-14-10-23(22)33(35,36)37)29(45)42-16-12-31(13-17-42,30(46)47)24-8-4-5-9-25(24)48-2/h4-5,8-10,14,18-20,26,28,44H,3,6-7,11-13,15-17H2,1-2H3,(H,46,47). The van der Waals surface area contributed by atoms with Crippen molar-refractivity contribution in [1.82, 2.24) is 14.8 Å². The fourth-order valence-corrected chi connectivity index (χ4v) is 7.95. The van der Waals surface area contributed by atoms with Gasteiger partial charge in [0, 0.05) is 54.6 Å². The van der Waals surface area contributed by atoms with E-state index in [0.717, 1.165) is 29.9 Å². The number of aliphatic hydroxyl groups is 1. The molecule has 9 nitrogen and oxygen atoms in total. The van der Waals surface area contributed by atoms with Crippen LogP contribution in [0.5, 0.6) is 11.5 Å². The number of methoxy groups -OCH3 is 1. The minimum Gasteiger partial charge on any atom is -0.496 e. The molecule has 272 valence electrons. The van der Waals surface area contributed by atoms with Crippen molar-refractivity contribution in [3.05, 3.63) is 75.7 Å². The highest BCUT2D eigenvalue weighted by Crippen LogP contribution is 2.46. The van der Waals surface area contributed by atoms with Crippen molar-refractivity contribution in [1.29, 1.82) is 0 Å². The largest absolute Gasteiger partial charge is 0.496 e. The fraction of sp³-hybridized carbons (Fsp3) is 0.500. The Balaban J connectivity index is 1.56. The average molecular weight is 730 g/mol. The van der Waals surface area contributed by atoms with Crippen molar-refractivity contribution < 1.29 is 55.6 Å². The van der Waals surface area contributed by atoms with E-state index >= 15 is 0 Å². The highest BCUT2D eigenvalue weighted by molar-refractivity contribution is 7.10. The molecule has 4 heterocycles. The van der Waals surface area contributed by atoms with Crippen LogP contribution in [-0.4, -0.2) is 75.3 Å². The number of amides is 1. The second-order valence-electron chi connectivity index (χ2n) is 12.5. The number of carboxylic acids is 1. The number of piperidine rings is 2.